The van der Waals surface area contributed by atoms with Gasteiger partial charge in [-0.15, -0.1) is 0 Å². The largest absolute Gasteiger partial charge is 0.422 e. The van der Waals surface area contributed by atoms with Crippen LogP contribution in [0.15, 0.2) is 33.5 Å². The lowest BCUT2D eigenvalue weighted by atomic mass is 10.2. The maximum atomic E-state index is 11.4. The van der Waals surface area contributed by atoms with Gasteiger partial charge in [-0.2, -0.15) is 0 Å². The normalized spacial score (nSPS) is 10.6. The highest BCUT2D eigenvalue weighted by molar-refractivity contribution is 5.89. The van der Waals surface area contributed by atoms with Crippen molar-refractivity contribution in [1.82, 2.24) is 0 Å². The first-order chi connectivity index (χ1) is 7.76. The second-order valence-electron chi connectivity index (χ2n) is 3.53. The Morgan fingerprint density at radius 2 is 1.94 bits per heavy atom. The van der Waals surface area contributed by atoms with Gasteiger partial charge in [0.15, 0.2) is 0 Å². The fraction of sp³-hybridized carbons (Fsp3) is 0.308. The smallest absolute Gasteiger partial charge is 0.346 e. The first-order valence-corrected chi connectivity index (χ1v) is 5.46. The van der Waals surface area contributed by atoms with Gasteiger partial charge in [0.25, 0.3) is 0 Å². The van der Waals surface area contributed by atoms with Crippen molar-refractivity contribution in [2.75, 3.05) is 18.0 Å². The molecule has 0 aliphatic carbocycles. The van der Waals surface area contributed by atoms with Crippen molar-refractivity contribution in [3.63, 3.8) is 0 Å². The summed E-state index contributed by atoms with van der Waals surface area (Å²) in [6.45, 7) is 5.81. The lowest BCUT2D eigenvalue weighted by Gasteiger charge is -2.21. The molecule has 1 aromatic carbocycles. The lowest BCUT2D eigenvalue weighted by Crippen LogP contribution is -2.23. The van der Waals surface area contributed by atoms with Crippen LogP contribution < -0.4 is 10.5 Å². The Balaban J connectivity index is 2.71. The molecule has 1 heterocycles. The van der Waals surface area contributed by atoms with Crippen LogP contribution in [-0.4, -0.2) is 13.1 Å². The fourth-order valence-corrected chi connectivity index (χ4v) is 1.83. The van der Waals surface area contributed by atoms with E-state index in [1.54, 1.807) is 6.07 Å². The average molecular weight is 216 g/mol. The van der Waals surface area contributed by atoms with Gasteiger partial charge in [0.05, 0.1) is 5.69 Å². The van der Waals surface area contributed by atoms with E-state index in [1.807, 2.05) is 18.2 Å². The van der Waals surface area contributed by atoms with Crippen LogP contribution in [0, 0.1) is 6.07 Å². The topological polar surface area (TPSA) is 33.5 Å². The Morgan fingerprint density at radius 1 is 1.25 bits per heavy atom. The van der Waals surface area contributed by atoms with Crippen molar-refractivity contribution in [3.8, 4) is 0 Å². The monoisotopic (exact) mass is 216 g/mol. The van der Waals surface area contributed by atoms with Crippen LogP contribution in [0.2, 0.25) is 0 Å². The minimum absolute atomic E-state index is 0.416. The third-order valence-corrected chi connectivity index (χ3v) is 2.64. The molecule has 1 aromatic heterocycles. The Kier molecular flexibility index (Phi) is 2.95. The zero-order chi connectivity index (χ0) is 11.5. The molecule has 0 amide bonds. The minimum Gasteiger partial charge on any atom is -0.422 e. The predicted molar refractivity (Wildman–Crippen MR) is 64.9 cm³/mol. The Morgan fingerprint density at radius 3 is 2.62 bits per heavy atom. The molecule has 0 saturated carbocycles. The summed E-state index contributed by atoms with van der Waals surface area (Å²) in [7, 11) is 0. The lowest BCUT2D eigenvalue weighted by molar-refractivity contribution is 0.559. The summed E-state index contributed by atoms with van der Waals surface area (Å²) in [6, 6.07) is 10.3. The van der Waals surface area contributed by atoms with E-state index in [0.717, 1.165) is 24.2 Å². The Bertz CT molecular complexity index is 541. The zero-order valence-electron chi connectivity index (χ0n) is 9.49. The number of rotatable bonds is 3. The third kappa shape index (κ3) is 1.81. The van der Waals surface area contributed by atoms with Gasteiger partial charge >= 0.3 is 5.63 Å². The average Bonchev–Trinajstić information content (AvgIpc) is 2.30. The van der Waals surface area contributed by atoms with Crippen molar-refractivity contribution in [1.29, 1.82) is 0 Å². The van der Waals surface area contributed by atoms with Crippen molar-refractivity contribution >= 4 is 16.7 Å². The number of nitrogens with zero attached hydrogens (tertiary/aromatic N) is 1. The highest BCUT2D eigenvalue weighted by Gasteiger charge is 2.09. The molecule has 0 unspecified atom stereocenters. The van der Waals surface area contributed by atoms with E-state index in [4.69, 9.17) is 4.42 Å². The second kappa shape index (κ2) is 4.39. The summed E-state index contributed by atoms with van der Waals surface area (Å²) >= 11 is 0. The Labute approximate surface area is 94.3 Å². The summed E-state index contributed by atoms with van der Waals surface area (Å²) in [4.78, 5) is 13.5. The van der Waals surface area contributed by atoms with Crippen LogP contribution in [0.5, 0.6) is 0 Å². The number of fused-ring (bicyclic) bond motifs is 1. The summed E-state index contributed by atoms with van der Waals surface area (Å²) in [6.07, 6.45) is 0. The summed E-state index contributed by atoms with van der Waals surface area (Å²) in [5.41, 5.74) is 1.03. The molecule has 0 saturated heterocycles. The molecule has 2 aromatic rings. The molecular weight excluding hydrogens is 202 g/mol. The first-order valence-electron chi connectivity index (χ1n) is 5.46. The SMILES string of the molecule is CCN(CC)c1[c]c(=O)oc2ccccc12. The van der Waals surface area contributed by atoms with E-state index < -0.39 is 5.63 Å². The molecule has 0 atom stereocenters. The van der Waals surface area contributed by atoms with E-state index in [2.05, 4.69) is 24.8 Å². The van der Waals surface area contributed by atoms with E-state index in [0.29, 0.717) is 5.58 Å². The minimum atomic E-state index is -0.416. The molecule has 0 N–H and O–H groups in total. The van der Waals surface area contributed by atoms with Crippen LogP contribution in [0.25, 0.3) is 11.0 Å². The van der Waals surface area contributed by atoms with Gasteiger partial charge in [-0.1, -0.05) is 12.1 Å². The maximum absolute atomic E-state index is 11.4. The zero-order valence-corrected chi connectivity index (χ0v) is 9.49. The van der Waals surface area contributed by atoms with Gasteiger partial charge < -0.3 is 9.32 Å². The van der Waals surface area contributed by atoms with Gasteiger partial charge in [0.2, 0.25) is 0 Å². The van der Waals surface area contributed by atoms with E-state index >= 15 is 0 Å². The third-order valence-electron chi connectivity index (χ3n) is 2.64. The van der Waals surface area contributed by atoms with Crippen LogP contribution in [0.1, 0.15) is 13.8 Å². The van der Waals surface area contributed by atoms with Crippen molar-refractivity contribution in [3.05, 3.63) is 40.8 Å². The van der Waals surface area contributed by atoms with Crippen LogP contribution in [-0.2, 0) is 0 Å². The van der Waals surface area contributed by atoms with Crippen LogP contribution in [0.4, 0.5) is 5.69 Å². The molecule has 2 rings (SSSR count). The van der Waals surface area contributed by atoms with Crippen LogP contribution >= 0.6 is 0 Å². The molecule has 3 nitrogen and oxygen atoms in total. The summed E-state index contributed by atoms with van der Waals surface area (Å²) < 4.78 is 5.10. The number of benzene rings is 1. The molecule has 0 bridgehead atoms. The number of hydrogen-bond acceptors (Lipinski definition) is 3. The fourth-order valence-electron chi connectivity index (χ4n) is 1.83. The van der Waals surface area contributed by atoms with E-state index in [9.17, 15) is 4.79 Å². The molecule has 16 heavy (non-hydrogen) atoms. The van der Waals surface area contributed by atoms with E-state index in [1.165, 1.54) is 0 Å². The van der Waals surface area contributed by atoms with Crippen molar-refractivity contribution in [2.24, 2.45) is 0 Å². The van der Waals surface area contributed by atoms with Crippen molar-refractivity contribution in [2.45, 2.75) is 13.8 Å². The summed E-state index contributed by atoms with van der Waals surface area (Å²) in [5, 5.41) is 0.936. The van der Waals surface area contributed by atoms with Crippen LogP contribution in [0.3, 0.4) is 0 Å². The van der Waals surface area contributed by atoms with Gasteiger partial charge in [-0.05, 0) is 26.0 Å². The quantitative estimate of drug-likeness (QED) is 0.739. The molecule has 0 aliphatic rings. The first kappa shape index (κ1) is 10.7. The number of hydrogen-bond donors (Lipinski definition) is 0. The molecule has 1 radical (unpaired) electrons. The number of anilines is 1. The number of para-hydroxylation sites is 1. The molecular formula is C13H14NO2. The molecule has 0 spiro atoms. The molecule has 0 aliphatic heterocycles. The highest BCUT2D eigenvalue weighted by atomic mass is 16.4. The van der Waals surface area contributed by atoms with Gasteiger partial charge in [0, 0.05) is 18.5 Å². The van der Waals surface area contributed by atoms with Gasteiger partial charge in [-0.3, -0.25) is 0 Å². The van der Waals surface area contributed by atoms with Gasteiger partial charge in [0.1, 0.15) is 11.6 Å². The summed E-state index contributed by atoms with van der Waals surface area (Å²) in [5.74, 6) is 0. The predicted octanol–water partition coefficient (Wildman–Crippen LogP) is 2.44. The van der Waals surface area contributed by atoms with Gasteiger partial charge in [-0.25, -0.2) is 4.79 Å². The van der Waals surface area contributed by atoms with Crippen molar-refractivity contribution < 1.29 is 4.42 Å². The Hall–Kier alpha value is -1.77. The molecule has 0 fully saturated rings. The molecule has 3 heteroatoms. The second-order valence-corrected chi connectivity index (χ2v) is 3.53. The highest BCUT2D eigenvalue weighted by Crippen LogP contribution is 2.23. The van der Waals surface area contributed by atoms with E-state index in [-0.39, 0.29) is 0 Å². The maximum Gasteiger partial charge on any atom is 0.346 e. The standard InChI is InChI=1S/C13H14NO2/c1-3-14(4-2)11-9-13(15)16-12-8-6-5-7-10(11)12/h5-8H,3-4H2,1-2H3. The molecule has 83 valence electrons.